The van der Waals surface area contributed by atoms with Crippen LogP contribution in [0.1, 0.15) is 18.7 Å². The van der Waals surface area contributed by atoms with Gasteiger partial charge in [-0.15, -0.1) is 11.7 Å². The second kappa shape index (κ2) is 8.62. The number of ether oxygens (including phenoxy) is 2. The van der Waals surface area contributed by atoms with Crippen LogP contribution < -0.4 is 25.4 Å². The number of rotatable bonds is 6. The number of carbonyl (C=O) groups excluding carboxylic acids is 1. The molecule has 0 aliphatic carbocycles. The highest BCUT2D eigenvalue weighted by molar-refractivity contribution is 8.14. The van der Waals surface area contributed by atoms with Gasteiger partial charge < -0.3 is 9.47 Å². The summed E-state index contributed by atoms with van der Waals surface area (Å²) in [4.78, 5) is 17.9. The minimum absolute atomic E-state index is 0.207. The van der Waals surface area contributed by atoms with Crippen molar-refractivity contribution in [3.63, 3.8) is 0 Å². The van der Waals surface area contributed by atoms with E-state index in [-0.39, 0.29) is 5.91 Å². The number of hydrazone groups is 1. The Labute approximate surface area is 178 Å². The Hall–Kier alpha value is -3.26. The van der Waals surface area contributed by atoms with Crippen molar-refractivity contribution >= 4 is 28.5 Å². The summed E-state index contributed by atoms with van der Waals surface area (Å²) in [7, 11) is 1.60. The Morgan fingerprint density at radius 2 is 2.10 bits per heavy atom. The Balaban J connectivity index is 1.86. The van der Waals surface area contributed by atoms with E-state index in [9.17, 15) is 4.79 Å². The summed E-state index contributed by atoms with van der Waals surface area (Å²) in [5.41, 5.74) is 1.32. The number of hydrogen-bond acceptors (Lipinski definition) is 7. The Morgan fingerprint density at radius 3 is 2.87 bits per heavy atom. The number of carbonyl (C=O) groups is 1. The molecule has 0 fully saturated rings. The molecule has 0 bridgehead atoms. The maximum absolute atomic E-state index is 13.0. The van der Waals surface area contributed by atoms with E-state index in [4.69, 9.17) is 19.6 Å². The zero-order valence-electron chi connectivity index (χ0n) is 16.8. The maximum atomic E-state index is 13.0. The van der Waals surface area contributed by atoms with Gasteiger partial charge in [-0.3, -0.25) is 15.1 Å². The topological polar surface area (TPSA) is 75.5 Å². The van der Waals surface area contributed by atoms with Crippen molar-refractivity contribution in [3.8, 4) is 11.5 Å². The first-order chi connectivity index (χ1) is 14.7. The number of fused-ring (bicyclic) bond motifs is 2. The number of methoxy groups -OCH3 is 1. The van der Waals surface area contributed by atoms with Crippen LogP contribution in [-0.4, -0.2) is 35.6 Å². The fourth-order valence-corrected chi connectivity index (χ4v) is 3.95. The number of para-hydroxylation sites is 1. The third-order valence-corrected chi connectivity index (χ3v) is 5.50. The van der Waals surface area contributed by atoms with Gasteiger partial charge in [-0.2, -0.15) is 0 Å². The molecule has 0 saturated heterocycles. The Kier molecular flexibility index (Phi) is 5.76. The predicted octanol–water partition coefficient (Wildman–Crippen LogP) is 2.16. The summed E-state index contributed by atoms with van der Waals surface area (Å²) in [5, 5.41) is 11.3. The number of nitrogens with zero attached hydrogens (tertiary/aromatic N) is 3. The van der Waals surface area contributed by atoms with E-state index in [0.717, 1.165) is 16.1 Å². The second-order valence-corrected chi connectivity index (χ2v) is 7.52. The average Bonchev–Trinajstić information content (AvgIpc) is 2.77. The van der Waals surface area contributed by atoms with E-state index in [2.05, 4.69) is 11.9 Å². The van der Waals surface area contributed by atoms with Crippen molar-refractivity contribution in [1.29, 1.82) is 0 Å². The lowest BCUT2D eigenvalue weighted by atomic mass is 10.1. The van der Waals surface area contributed by atoms with Crippen LogP contribution >= 0.6 is 11.8 Å². The molecule has 1 N–H and O–H groups in total. The fourth-order valence-electron chi connectivity index (χ4n) is 3.37. The minimum Gasteiger partial charge on any atom is -0.493 e. The molecular formula is C22H22N4O3S. The number of amidine groups is 1. The molecular weight excluding hydrogens is 400 g/mol. The number of hydrogen-bond donors (Lipinski definition) is 1. The van der Waals surface area contributed by atoms with Crippen molar-refractivity contribution < 1.29 is 14.3 Å². The lowest BCUT2D eigenvalue weighted by Gasteiger charge is -2.34. The highest BCUT2D eigenvalue weighted by atomic mass is 32.2. The van der Waals surface area contributed by atoms with E-state index in [1.807, 2.05) is 49.4 Å². The van der Waals surface area contributed by atoms with E-state index in [1.165, 1.54) is 11.8 Å². The first-order valence-corrected chi connectivity index (χ1v) is 10.6. The molecule has 30 heavy (non-hydrogen) atoms. The van der Waals surface area contributed by atoms with Crippen LogP contribution in [0, 0.1) is 0 Å². The number of amides is 1. The molecule has 2 aromatic carbocycles. The molecule has 0 spiro atoms. The van der Waals surface area contributed by atoms with Crippen LogP contribution in [0.3, 0.4) is 0 Å². The lowest BCUT2D eigenvalue weighted by Crippen LogP contribution is -2.50. The third-order valence-electron chi connectivity index (χ3n) is 4.64. The maximum Gasteiger partial charge on any atom is 0.276 e. The number of nitrogens with one attached hydrogen (secondary N) is 1. The molecule has 7 nitrogen and oxygen atoms in total. The summed E-state index contributed by atoms with van der Waals surface area (Å²) in [6.07, 6.45) is 1.26. The molecule has 8 heteroatoms. The van der Waals surface area contributed by atoms with Crippen LogP contribution in [0.25, 0.3) is 5.70 Å². The van der Waals surface area contributed by atoms with Crippen LogP contribution in [0.15, 0.2) is 65.2 Å². The molecule has 2 aliphatic rings. The van der Waals surface area contributed by atoms with Gasteiger partial charge in [0.1, 0.15) is 5.70 Å². The van der Waals surface area contributed by atoms with Crippen molar-refractivity contribution in [2.24, 2.45) is 10.1 Å². The largest absolute Gasteiger partial charge is 0.493 e. The van der Waals surface area contributed by atoms with E-state index in [1.54, 1.807) is 18.2 Å². The monoisotopic (exact) mass is 422 g/mol. The van der Waals surface area contributed by atoms with E-state index >= 15 is 0 Å². The molecule has 1 atom stereocenters. The molecule has 0 aromatic heterocycles. The molecule has 154 valence electrons. The van der Waals surface area contributed by atoms with Gasteiger partial charge in [0, 0.05) is 16.5 Å². The van der Waals surface area contributed by atoms with Crippen LogP contribution in [-0.2, 0) is 4.79 Å². The average molecular weight is 423 g/mol. The van der Waals surface area contributed by atoms with Gasteiger partial charge in [-0.25, -0.2) is 5.01 Å². The van der Waals surface area contributed by atoms with Crippen molar-refractivity contribution in [1.82, 2.24) is 10.3 Å². The van der Waals surface area contributed by atoms with Crippen molar-refractivity contribution in [2.75, 3.05) is 19.5 Å². The highest BCUT2D eigenvalue weighted by Gasteiger charge is 2.34. The van der Waals surface area contributed by atoms with Gasteiger partial charge in [-0.1, -0.05) is 42.1 Å². The first kappa shape index (κ1) is 20.0. The molecule has 4 rings (SSSR count). The quantitative estimate of drug-likeness (QED) is 0.722. The van der Waals surface area contributed by atoms with Gasteiger partial charge in [0.05, 0.1) is 19.1 Å². The third kappa shape index (κ3) is 3.66. The van der Waals surface area contributed by atoms with Crippen molar-refractivity contribution in [2.45, 2.75) is 13.1 Å². The second-order valence-electron chi connectivity index (χ2n) is 6.52. The Morgan fingerprint density at radius 1 is 1.27 bits per heavy atom. The van der Waals surface area contributed by atoms with Crippen LogP contribution in [0.5, 0.6) is 11.5 Å². The standard InChI is InChI=1S/C22H22N4O3S/c1-4-12-30-22-24-21(27)19-15-8-6-7-9-16(15)23-20(26(19)25-22)14-10-11-17(29-5-2)18(13-14)28-3/h4,6-11,13,20H,1,5,12H2,2-3H3,(H,24,25,27)/t20-/m1/s1. The zero-order valence-corrected chi connectivity index (χ0v) is 17.6. The summed E-state index contributed by atoms with van der Waals surface area (Å²) in [6, 6.07) is 13.2. The first-order valence-electron chi connectivity index (χ1n) is 9.57. The number of thioether (sulfide) groups is 1. The minimum atomic E-state index is -0.509. The summed E-state index contributed by atoms with van der Waals surface area (Å²) >= 11 is 1.41. The Bertz CT molecular complexity index is 1150. The smallest absolute Gasteiger partial charge is 0.276 e. The SMILES string of the molecule is C=CCSC1=NN2C(=c3ccccc3=N[C@H]2c2ccc(OCC)c(OC)c2)C(=O)N1. The number of benzene rings is 2. The molecule has 2 aliphatic heterocycles. The van der Waals surface area contributed by atoms with E-state index in [0.29, 0.717) is 34.7 Å². The summed E-state index contributed by atoms with van der Waals surface area (Å²) in [5.74, 6) is 1.70. The summed E-state index contributed by atoms with van der Waals surface area (Å²) < 4.78 is 11.1. The van der Waals surface area contributed by atoms with Gasteiger partial charge >= 0.3 is 0 Å². The van der Waals surface area contributed by atoms with Crippen molar-refractivity contribution in [3.05, 3.63) is 71.3 Å². The van der Waals surface area contributed by atoms with Crippen LogP contribution in [0.4, 0.5) is 0 Å². The van der Waals surface area contributed by atoms with Gasteiger partial charge in [0.25, 0.3) is 5.91 Å². The molecule has 0 unspecified atom stereocenters. The van der Waals surface area contributed by atoms with Crippen LogP contribution in [0.2, 0.25) is 0 Å². The lowest BCUT2D eigenvalue weighted by molar-refractivity contribution is -0.116. The summed E-state index contributed by atoms with van der Waals surface area (Å²) in [6.45, 7) is 6.19. The normalized spacial score (nSPS) is 17.2. The zero-order chi connectivity index (χ0) is 21.1. The molecule has 0 radical (unpaired) electrons. The molecule has 0 saturated carbocycles. The molecule has 2 aromatic rings. The molecule has 1 amide bonds. The van der Waals surface area contributed by atoms with E-state index < -0.39 is 6.17 Å². The van der Waals surface area contributed by atoms with Gasteiger partial charge in [0.2, 0.25) is 0 Å². The molecule has 2 heterocycles. The fraction of sp³-hybridized carbons (Fsp3) is 0.227. The predicted molar refractivity (Wildman–Crippen MR) is 118 cm³/mol. The highest BCUT2D eigenvalue weighted by Crippen LogP contribution is 2.35. The van der Waals surface area contributed by atoms with Gasteiger partial charge in [0.15, 0.2) is 22.8 Å². The van der Waals surface area contributed by atoms with Gasteiger partial charge in [-0.05, 0) is 25.1 Å².